The smallest absolute Gasteiger partial charge is 0.287 e. The minimum atomic E-state index is -0.190. The van der Waals surface area contributed by atoms with Gasteiger partial charge in [-0.1, -0.05) is 6.07 Å². The van der Waals surface area contributed by atoms with E-state index in [4.69, 9.17) is 9.15 Å². The van der Waals surface area contributed by atoms with Crippen molar-refractivity contribution in [3.05, 3.63) is 48.6 Å². The van der Waals surface area contributed by atoms with Crippen LogP contribution >= 0.6 is 0 Å². The number of amides is 1. The van der Waals surface area contributed by atoms with Gasteiger partial charge in [-0.15, -0.1) is 0 Å². The van der Waals surface area contributed by atoms with E-state index in [9.17, 15) is 4.79 Å². The maximum absolute atomic E-state index is 12.0. The quantitative estimate of drug-likeness (QED) is 0.929. The number of carbonyl (C=O) groups is 1. The van der Waals surface area contributed by atoms with Crippen LogP contribution in [-0.2, 0) is 4.74 Å². The molecule has 0 bridgehead atoms. The van der Waals surface area contributed by atoms with E-state index >= 15 is 0 Å². The standard InChI is InChI=1S/C18H21N3O3/c22-18(15-4-3-9-23-15)20-10-16-14-11-21(8-6-13(14)12-24-16)17-5-1-2-7-19-17/h1-5,7,9,13-14,16H,6,8,10-12H2,(H,20,22)/t13-,14-,16+/m1/s1. The zero-order valence-electron chi connectivity index (χ0n) is 13.4. The van der Waals surface area contributed by atoms with Crippen molar-refractivity contribution in [3.63, 3.8) is 0 Å². The largest absolute Gasteiger partial charge is 0.459 e. The first-order valence-electron chi connectivity index (χ1n) is 8.40. The zero-order chi connectivity index (χ0) is 16.4. The molecule has 6 nitrogen and oxygen atoms in total. The molecular formula is C18H21N3O3. The molecule has 3 atom stereocenters. The topological polar surface area (TPSA) is 67.6 Å². The van der Waals surface area contributed by atoms with Crippen LogP contribution in [0.15, 0.2) is 47.2 Å². The summed E-state index contributed by atoms with van der Waals surface area (Å²) in [6, 6.07) is 9.37. The fraction of sp³-hybridized carbons (Fsp3) is 0.444. The molecule has 2 fully saturated rings. The second-order valence-electron chi connectivity index (χ2n) is 6.41. The molecule has 2 aliphatic rings. The van der Waals surface area contributed by atoms with E-state index in [-0.39, 0.29) is 12.0 Å². The molecule has 2 aliphatic heterocycles. The van der Waals surface area contributed by atoms with Gasteiger partial charge in [0.25, 0.3) is 5.91 Å². The first kappa shape index (κ1) is 15.2. The summed E-state index contributed by atoms with van der Waals surface area (Å²) in [5.74, 6) is 2.14. The van der Waals surface area contributed by atoms with Crippen LogP contribution in [0.1, 0.15) is 17.0 Å². The maximum Gasteiger partial charge on any atom is 0.287 e. The van der Waals surface area contributed by atoms with E-state index in [1.54, 1.807) is 12.1 Å². The van der Waals surface area contributed by atoms with Crippen LogP contribution < -0.4 is 10.2 Å². The molecule has 24 heavy (non-hydrogen) atoms. The molecule has 0 saturated carbocycles. The first-order chi connectivity index (χ1) is 11.8. The molecule has 2 saturated heterocycles. The lowest BCUT2D eigenvalue weighted by Crippen LogP contribution is -2.45. The van der Waals surface area contributed by atoms with Gasteiger partial charge < -0.3 is 19.4 Å². The number of furan rings is 1. The Morgan fingerprint density at radius 2 is 2.29 bits per heavy atom. The molecule has 0 spiro atoms. The predicted molar refractivity (Wildman–Crippen MR) is 88.8 cm³/mol. The van der Waals surface area contributed by atoms with E-state index in [2.05, 4.69) is 15.2 Å². The van der Waals surface area contributed by atoms with Gasteiger partial charge in [-0.3, -0.25) is 4.79 Å². The van der Waals surface area contributed by atoms with E-state index in [1.165, 1.54) is 6.26 Å². The SMILES string of the molecule is O=C(NC[C@@H]1OC[C@H]2CCN(c3ccccn3)C[C@H]21)c1ccco1. The number of nitrogens with one attached hydrogen (secondary N) is 1. The molecule has 1 amide bonds. The van der Waals surface area contributed by atoms with E-state index in [1.807, 2.05) is 24.4 Å². The first-order valence-corrected chi connectivity index (χ1v) is 8.40. The van der Waals surface area contributed by atoms with Gasteiger partial charge in [0, 0.05) is 31.7 Å². The molecule has 126 valence electrons. The summed E-state index contributed by atoms with van der Waals surface area (Å²) in [5, 5.41) is 2.92. The zero-order valence-corrected chi connectivity index (χ0v) is 13.4. The lowest BCUT2D eigenvalue weighted by molar-refractivity contribution is 0.0766. The van der Waals surface area contributed by atoms with Crippen LogP contribution in [0.4, 0.5) is 5.82 Å². The molecule has 2 aromatic rings. The number of fused-ring (bicyclic) bond motifs is 1. The molecule has 0 radical (unpaired) electrons. The van der Waals surface area contributed by atoms with E-state index in [0.717, 1.165) is 31.9 Å². The third kappa shape index (κ3) is 3.01. The molecular weight excluding hydrogens is 306 g/mol. The number of anilines is 1. The second-order valence-corrected chi connectivity index (χ2v) is 6.41. The van der Waals surface area contributed by atoms with Gasteiger partial charge in [0.15, 0.2) is 5.76 Å². The van der Waals surface area contributed by atoms with Crippen LogP contribution in [0, 0.1) is 11.8 Å². The Bertz CT molecular complexity index is 674. The van der Waals surface area contributed by atoms with Gasteiger partial charge in [0.05, 0.1) is 19.0 Å². The van der Waals surface area contributed by atoms with Gasteiger partial charge in [-0.25, -0.2) is 4.98 Å². The van der Waals surface area contributed by atoms with Gasteiger partial charge >= 0.3 is 0 Å². The van der Waals surface area contributed by atoms with Crippen molar-refractivity contribution >= 4 is 11.7 Å². The van der Waals surface area contributed by atoms with Gasteiger partial charge in [0.2, 0.25) is 0 Å². The molecule has 2 aromatic heterocycles. The Morgan fingerprint density at radius 3 is 3.08 bits per heavy atom. The Kier molecular flexibility index (Phi) is 4.21. The predicted octanol–water partition coefficient (Wildman–Crippen LogP) is 1.95. The highest BCUT2D eigenvalue weighted by atomic mass is 16.5. The van der Waals surface area contributed by atoms with Gasteiger partial charge in [-0.05, 0) is 36.6 Å². The number of pyridine rings is 1. The highest BCUT2D eigenvalue weighted by molar-refractivity contribution is 5.91. The second kappa shape index (κ2) is 6.65. The fourth-order valence-electron chi connectivity index (χ4n) is 3.68. The molecule has 4 heterocycles. The lowest BCUT2D eigenvalue weighted by atomic mass is 9.84. The number of piperidine rings is 1. The van der Waals surface area contributed by atoms with Gasteiger partial charge in [0.1, 0.15) is 5.82 Å². The summed E-state index contributed by atoms with van der Waals surface area (Å²) in [5.41, 5.74) is 0. The summed E-state index contributed by atoms with van der Waals surface area (Å²) in [7, 11) is 0. The molecule has 0 aromatic carbocycles. The molecule has 6 heteroatoms. The van der Waals surface area contributed by atoms with Crippen molar-refractivity contribution in [2.45, 2.75) is 12.5 Å². The Balaban J connectivity index is 1.38. The van der Waals surface area contributed by atoms with Crippen molar-refractivity contribution in [3.8, 4) is 0 Å². The number of carbonyl (C=O) groups excluding carboxylic acids is 1. The summed E-state index contributed by atoms with van der Waals surface area (Å²) in [6.45, 7) is 3.22. The summed E-state index contributed by atoms with van der Waals surface area (Å²) in [4.78, 5) is 18.8. The third-order valence-corrected chi connectivity index (χ3v) is 4.99. The molecule has 0 aliphatic carbocycles. The minimum absolute atomic E-state index is 0.0421. The summed E-state index contributed by atoms with van der Waals surface area (Å²) in [6.07, 6.45) is 4.47. The number of ether oxygens (including phenoxy) is 1. The number of nitrogens with zero attached hydrogens (tertiary/aromatic N) is 2. The Morgan fingerprint density at radius 1 is 1.33 bits per heavy atom. The van der Waals surface area contributed by atoms with Crippen molar-refractivity contribution in [2.24, 2.45) is 11.8 Å². The molecule has 0 unspecified atom stereocenters. The highest BCUT2D eigenvalue weighted by Gasteiger charge is 2.41. The average molecular weight is 327 g/mol. The van der Waals surface area contributed by atoms with E-state index in [0.29, 0.717) is 24.1 Å². The van der Waals surface area contributed by atoms with Crippen LogP contribution in [0.2, 0.25) is 0 Å². The monoisotopic (exact) mass is 327 g/mol. The lowest BCUT2D eigenvalue weighted by Gasteiger charge is -2.36. The van der Waals surface area contributed by atoms with Crippen molar-refractivity contribution in [2.75, 3.05) is 31.1 Å². The van der Waals surface area contributed by atoms with Gasteiger partial charge in [-0.2, -0.15) is 0 Å². The van der Waals surface area contributed by atoms with Crippen LogP contribution in [0.5, 0.6) is 0 Å². The van der Waals surface area contributed by atoms with Crippen molar-refractivity contribution in [1.29, 1.82) is 0 Å². The number of hydrogen-bond acceptors (Lipinski definition) is 5. The van der Waals surface area contributed by atoms with E-state index < -0.39 is 0 Å². The van der Waals surface area contributed by atoms with Crippen LogP contribution in [0.25, 0.3) is 0 Å². The Hall–Kier alpha value is -2.34. The normalized spacial score (nSPS) is 26.2. The fourth-order valence-corrected chi connectivity index (χ4v) is 3.68. The minimum Gasteiger partial charge on any atom is -0.459 e. The maximum atomic E-state index is 12.0. The number of rotatable bonds is 4. The Labute approximate surface area is 140 Å². The molecule has 4 rings (SSSR count). The average Bonchev–Trinajstić information content (AvgIpc) is 3.30. The van der Waals surface area contributed by atoms with Crippen molar-refractivity contribution < 1.29 is 13.9 Å². The third-order valence-electron chi connectivity index (χ3n) is 4.99. The molecule has 1 N–H and O–H groups in total. The summed E-state index contributed by atoms with van der Waals surface area (Å²) >= 11 is 0. The van der Waals surface area contributed by atoms with Crippen LogP contribution in [-0.4, -0.2) is 43.2 Å². The number of aromatic nitrogens is 1. The van der Waals surface area contributed by atoms with Crippen LogP contribution in [0.3, 0.4) is 0 Å². The highest BCUT2D eigenvalue weighted by Crippen LogP contribution is 2.35. The van der Waals surface area contributed by atoms with Crippen molar-refractivity contribution in [1.82, 2.24) is 10.3 Å². The summed E-state index contributed by atoms with van der Waals surface area (Å²) < 4.78 is 11.1. The number of hydrogen-bond donors (Lipinski definition) is 1.